The molecule has 2 amide bonds. The molecule has 1 atom stereocenters. The van der Waals surface area contributed by atoms with Crippen LogP contribution >= 0.6 is 12.2 Å². The largest absolute Gasteiger partial charge is 0.362 e. The highest BCUT2D eigenvalue weighted by Crippen LogP contribution is 2.32. The molecular formula is C22H26N4O3S2. The Labute approximate surface area is 188 Å². The van der Waals surface area contributed by atoms with Crippen LogP contribution in [0.2, 0.25) is 0 Å². The van der Waals surface area contributed by atoms with Crippen molar-refractivity contribution in [3.63, 3.8) is 0 Å². The number of anilines is 1. The number of hydrogen-bond acceptors (Lipinski definition) is 4. The van der Waals surface area contributed by atoms with Crippen molar-refractivity contribution in [2.75, 3.05) is 24.5 Å². The van der Waals surface area contributed by atoms with Gasteiger partial charge in [-0.3, -0.25) is 0 Å². The first-order valence-corrected chi connectivity index (χ1v) is 12.3. The Kier molecular flexibility index (Phi) is 6.15. The van der Waals surface area contributed by atoms with Crippen molar-refractivity contribution >= 4 is 39.1 Å². The van der Waals surface area contributed by atoms with Crippen LogP contribution in [-0.2, 0) is 16.4 Å². The Morgan fingerprint density at radius 1 is 1.23 bits per heavy atom. The zero-order valence-electron chi connectivity index (χ0n) is 17.4. The van der Waals surface area contributed by atoms with E-state index in [1.165, 1.54) is 0 Å². The lowest BCUT2D eigenvalue weighted by molar-refractivity contribution is 0.235. The molecule has 0 aromatic heterocycles. The molecule has 164 valence electrons. The SMILES string of the molecule is CCCCNC(=S)N1CCc2cc(S(=O)(=O)N3CC(c4ccccc4)NC3=O)ccc21. The summed E-state index contributed by atoms with van der Waals surface area (Å²) in [6, 6.07) is 13.4. The molecule has 9 heteroatoms. The van der Waals surface area contributed by atoms with E-state index in [1.807, 2.05) is 35.2 Å². The van der Waals surface area contributed by atoms with Gasteiger partial charge in [0.05, 0.1) is 17.5 Å². The number of thiocarbonyl (C=S) groups is 1. The smallest absolute Gasteiger partial charge is 0.331 e. The lowest BCUT2D eigenvalue weighted by atomic mass is 10.1. The summed E-state index contributed by atoms with van der Waals surface area (Å²) in [5, 5.41) is 6.69. The highest BCUT2D eigenvalue weighted by molar-refractivity contribution is 7.89. The summed E-state index contributed by atoms with van der Waals surface area (Å²) >= 11 is 5.51. The van der Waals surface area contributed by atoms with Gasteiger partial charge in [0.15, 0.2) is 5.11 Å². The molecule has 2 N–H and O–H groups in total. The van der Waals surface area contributed by atoms with E-state index in [9.17, 15) is 13.2 Å². The maximum absolute atomic E-state index is 13.2. The molecule has 0 spiro atoms. The highest BCUT2D eigenvalue weighted by Gasteiger charge is 2.39. The summed E-state index contributed by atoms with van der Waals surface area (Å²) in [5.74, 6) is 0. The molecule has 7 nitrogen and oxygen atoms in total. The molecule has 2 aliphatic rings. The standard InChI is InChI=1S/C22H26N4O3S2/c1-2-3-12-23-22(30)25-13-11-17-14-18(9-10-20(17)25)31(28,29)26-15-19(24-21(26)27)16-7-5-4-6-8-16/h4-10,14,19H,2-3,11-13,15H2,1H3,(H,23,30)(H,24,27). The average Bonchev–Trinajstić information content (AvgIpc) is 3.38. The second-order valence-corrected chi connectivity index (χ2v) is 9.98. The Morgan fingerprint density at radius 3 is 2.74 bits per heavy atom. The molecule has 2 aromatic rings. The second-order valence-electron chi connectivity index (χ2n) is 7.73. The Bertz CT molecular complexity index is 1090. The Morgan fingerprint density at radius 2 is 2.00 bits per heavy atom. The number of benzene rings is 2. The number of fused-ring (bicyclic) bond motifs is 1. The predicted octanol–water partition coefficient (Wildman–Crippen LogP) is 3.18. The number of carbonyl (C=O) groups excluding carboxylic acids is 1. The van der Waals surface area contributed by atoms with Gasteiger partial charge < -0.3 is 15.5 Å². The van der Waals surface area contributed by atoms with Gasteiger partial charge in [0.2, 0.25) is 0 Å². The van der Waals surface area contributed by atoms with Crippen LogP contribution in [0.25, 0.3) is 0 Å². The van der Waals surface area contributed by atoms with Crippen LogP contribution in [-0.4, -0.2) is 43.5 Å². The van der Waals surface area contributed by atoms with Crippen LogP contribution in [0.5, 0.6) is 0 Å². The van der Waals surface area contributed by atoms with Gasteiger partial charge in [-0.1, -0.05) is 43.7 Å². The Hall–Kier alpha value is -2.65. The fourth-order valence-corrected chi connectivity index (χ4v) is 5.63. The topological polar surface area (TPSA) is 81.8 Å². The summed E-state index contributed by atoms with van der Waals surface area (Å²) in [5.41, 5.74) is 2.71. The number of nitrogens with one attached hydrogen (secondary N) is 2. The summed E-state index contributed by atoms with van der Waals surface area (Å²) in [6.07, 6.45) is 2.83. The number of carbonyl (C=O) groups is 1. The van der Waals surface area contributed by atoms with E-state index in [-0.39, 0.29) is 17.5 Å². The number of hydrogen-bond donors (Lipinski definition) is 2. The summed E-state index contributed by atoms with van der Waals surface area (Å²) in [7, 11) is -3.95. The molecule has 1 fully saturated rings. The monoisotopic (exact) mass is 458 g/mol. The van der Waals surface area contributed by atoms with Crippen LogP contribution in [0.15, 0.2) is 53.4 Å². The number of urea groups is 1. The molecule has 0 aliphatic carbocycles. The van der Waals surface area contributed by atoms with Gasteiger partial charge >= 0.3 is 6.03 Å². The van der Waals surface area contributed by atoms with Crippen molar-refractivity contribution in [3.8, 4) is 0 Å². The van der Waals surface area contributed by atoms with Crippen molar-refractivity contribution in [3.05, 3.63) is 59.7 Å². The highest BCUT2D eigenvalue weighted by atomic mass is 32.2. The molecule has 1 saturated heterocycles. The second kappa shape index (κ2) is 8.84. The summed E-state index contributed by atoms with van der Waals surface area (Å²) in [6.45, 7) is 3.72. The fourth-order valence-electron chi connectivity index (χ4n) is 3.94. The first-order chi connectivity index (χ1) is 14.9. The number of unbranched alkanes of at least 4 members (excludes halogenated alkanes) is 1. The maximum atomic E-state index is 13.2. The first-order valence-electron chi connectivity index (χ1n) is 10.5. The molecule has 2 aliphatic heterocycles. The third-order valence-electron chi connectivity index (χ3n) is 5.66. The lowest BCUT2D eigenvalue weighted by Gasteiger charge is -2.22. The zero-order valence-corrected chi connectivity index (χ0v) is 19.0. The number of amides is 2. The van der Waals surface area contributed by atoms with Crippen LogP contribution in [0.3, 0.4) is 0 Å². The van der Waals surface area contributed by atoms with Gasteiger partial charge in [0, 0.05) is 18.8 Å². The minimum Gasteiger partial charge on any atom is -0.362 e. The predicted molar refractivity (Wildman–Crippen MR) is 125 cm³/mol. The van der Waals surface area contributed by atoms with Gasteiger partial charge in [0.1, 0.15) is 0 Å². The zero-order chi connectivity index (χ0) is 22.0. The van der Waals surface area contributed by atoms with E-state index in [1.54, 1.807) is 18.2 Å². The minimum atomic E-state index is -3.95. The van der Waals surface area contributed by atoms with Crippen molar-refractivity contribution in [2.45, 2.75) is 37.1 Å². The summed E-state index contributed by atoms with van der Waals surface area (Å²) < 4.78 is 27.4. The number of rotatable bonds is 6. The molecule has 0 saturated carbocycles. The maximum Gasteiger partial charge on any atom is 0.331 e. The molecule has 1 unspecified atom stereocenters. The van der Waals surface area contributed by atoms with Gasteiger partial charge in [-0.25, -0.2) is 17.5 Å². The van der Waals surface area contributed by atoms with Crippen LogP contribution in [0.1, 0.15) is 36.9 Å². The molecule has 0 bridgehead atoms. The number of sulfonamides is 1. The van der Waals surface area contributed by atoms with E-state index in [0.717, 1.165) is 40.5 Å². The molecular weight excluding hydrogens is 432 g/mol. The molecule has 2 aromatic carbocycles. The van der Waals surface area contributed by atoms with Gasteiger partial charge in [-0.2, -0.15) is 0 Å². The van der Waals surface area contributed by atoms with Crippen LogP contribution in [0, 0.1) is 0 Å². The van der Waals surface area contributed by atoms with Gasteiger partial charge in [-0.05, 0) is 54.4 Å². The average molecular weight is 459 g/mol. The molecule has 0 radical (unpaired) electrons. The first kappa shape index (κ1) is 21.6. The van der Waals surface area contributed by atoms with Crippen molar-refractivity contribution in [1.29, 1.82) is 0 Å². The van der Waals surface area contributed by atoms with E-state index < -0.39 is 16.1 Å². The van der Waals surface area contributed by atoms with E-state index >= 15 is 0 Å². The minimum absolute atomic E-state index is 0.0693. The quantitative estimate of drug-likeness (QED) is 0.511. The molecule has 31 heavy (non-hydrogen) atoms. The van der Waals surface area contributed by atoms with Crippen molar-refractivity contribution < 1.29 is 13.2 Å². The third kappa shape index (κ3) is 4.24. The van der Waals surface area contributed by atoms with E-state index in [0.29, 0.717) is 18.1 Å². The van der Waals surface area contributed by atoms with E-state index in [4.69, 9.17) is 12.2 Å². The van der Waals surface area contributed by atoms with Gasteiger partial charge in [0.25, 0.3) is 10.0 Å². The van der Waals surface area contributed by atoms with Crippen LogP contribution < -0.4 is 15.5 Å². The molecule has 2 heterocycles. The van der Waals surface area contributed by atoms with Crippen molar-refractivity contribution in [2.24, 2.45) is 0 Å². The normalized spacial score (nSPS) is 18.1. The third-order valence-corrected chi connectivity index (χ3v) is 7.77. The van der Waals surface area contributed by atoms with E-state index in [2.05, 4.69) is 17.6 Å². The fraction of sp³-hybridized carbons (Fsp3) is 0.364. The number of nitrogens with zero attached hydrogens (tertiary/aromatic N) is 2. The molecule has 4 rings (SSSR count). The Balaban J connectivity index is 1.52. The van der Waals surface area contributed by atoms with Crippen molar-refractivity contribution in [1.82, 2.24) is 14.9 Å². The van der Waals surface area contributed by atoms with Gasteiger partial charge in [-0.15, -0.1) is 0 Å². The van der Waals surface area contributed by atoms with Crippen LogP contribution in [0.4, 0.5) is 10.5 Å². The summed E-state index contributed by atoms with van der Waals surface area (Å²) in [4.78, 5) is 14.6. The lowest BCUT2D eigenvalue weighted by Crippen LogP contribution is -2.39.